The fraction of sp³-hybridized carbons (Fsp3) is 0.200. The number of rotatable bonds is 6. The first-order valence-electron chi connectivity index (χ1n) is 7.81. The molecule has 0 bridgehead atoms. The van der Waals surface area contributed by atoms with Gasteiger partial charge in [-0.05, 0) is 35.4 Å². The third-order valence-corrected chi connectivity index (χ3v) is 3.98. The largest absolute Gasteiger partial charge is 0.353 e. The molecule has 0 saturated carbocycles. The number of nitrogens with zero attached hydrogens (tertiary/aromatic N) is 2. The number of benzene rings is 2. The lowest BCUT2D eigenvalue weighted by atomic mass is 10.1. The molecule has 0 radical (unpaired) electrons. The van der Waals surface area contributed by atoms with Crippen molar-refractivity contribution in [2.75, 3.05) is 0 Å². The van der Waals surface area contributed by atoms with Gasteiger partial charge in [0.2, 0.25) is 0 Å². The molecule has 3 rings (SSSR count). The summed E-state index contributed by atoms with van der Waals surface area (Å²) in [6.07, 6.45) is 2.05. The van der Waals surface area contributed by atoms with Crippen LogP contribution < -0.4 is 0 Å². The minimum atomic E-state index is -0.180. The number of aromatic nitrogens is 1. The van der Waals surface area contributed by atoms with Gasteiger partial charge in [-0.15, -0.1) is 0 Å². The van der Waals surface area contributed by atoms with Crippen LogP contribution in [0.2, 0.25) is 0 Å². The lowest BCUT2D eigenvalue weighted by molar-refractivity contribution is 0.242. The van der Waals surface area contributed by atoms with Gasteiger partial charge < -0.3 is 4.57 Å². The molecule has 0 saturated heterocycles. The van der Waals surface area contributed by atoms with Gasteiger partial charge in [-0.2, -0.15) is 0 Å². The van der Waals surface area contributed by atoms with Crippen LogP contribution in [-0.2, 0) is 26.7 Å². The highest BCUT2D eigenvalue weighted by Crippen LogP contribution is 2.15. The Kier molecular flexibility index (Phi) is 4.89. The van der Waals surface area contributed by atoms with Gasteiger partial charge in [-0.25, -0.2) is 4.39 Å². The molecule has 23 heavy (non-hydrogen) atoms. The summed E-state index contributed by atoms with van der Waals surface area (Å²) in [5.74, 6) is -0.180. The molecule has 0 aliphatic rings. The summed E-state index contributed by atoms with van der Waals surface area (Å²) in [4.78, 5) is 2.33. The van der Waals surface area contributed by atoms with Crippen molar-refractivity contribution in [3.05, 3.63) is 95.6 Å². The first kappa shape index (κ1) is 15.5. The van der Waals surface area contributed by atoms with Crippen LogP contribution in [0.3, 0.4) is 0 Å². The van der Waals surface area contributed by atoms with E-state index in [1.165, 1.54) is 17.3 Å². The molecule has 0 aliphatic heterocycles. The van der Waals surface area contributed by atoms with Gasteiger partial charge in [0.25, 0.3) is 0 Å². The number of aryl methyl sites for hydroxylation is 1. The summed E-state index contributed by atoms with van der Waals surface area (Å²) in [5, 5.41) is 0. The van der Waals surface area contributed by atoms with Crippen LogP contribution >= 0.6 is 0 Å². The lowest BCUT2D eigenvalue weighted by Gasteiger charge is -2.23. The van der Waals surface area contributed by atoms with Crippen LogP contribution in [-0.4, -0.2) is 9.47 Å². The standard InChI is InChI=1S/C20H21FN2/c1-22-12-6-11-20(22)16-23(14-17-7-3-2-4-8-17)15-18-9-5-10-19(21)13-18/h2-13H,14-16H2,1H3. The molecule has 0 amide bonds. The molecular weight excluding hydrogens is 287 g/mol. The fourth-order valence-corrected chi connectivity index (χ4v) is 2.79. The van der Waals surface area contributed by atoms with Crippen molar-refractivity contribution in [3.63, 3.8) is 0 Å². The van der Waals surface area contributed by atoms with E-state index in [1.807, 2.05) is 12.1 Å². The molecular formula is C20H21FN2. The summed E-state index contributed by atoms with van der Waals surface area (Å²) in [5.41, 5.74) is 3.51. The van der Waals surface area contributed by atoms with E-state index in [0.717, 1.165) is 25.2 Å². The molecule has 0 aliphatic carbocycles. The predicted molar refractivity (Wildman–Crippen MR) is 91.2 cm³/mol. The second-order valence-corrected chi connectivity index (χ2v) is 5.87. The Morgan fingerprint density at radius 2 is 1.57 bits per heavy atom. The topological polar surface area (TPSA) is 8.17 Å². The molecule has 118 valence electrons. The van der Waals surface area contributed by atoms with E-state index in [1.54, 1.807) is 12.1 Å². The Balaban J connectivity index is 1.79. The zero-order valence-electron chi connectivity index (χ0n) is 13.3. The van der Waals surface area contributed by atoms with Crippen molar-refractivity contribution >= 4 is 0 Å². The minimum Gasteiger partial charge on any atom is -0.353 e. The Labute approximate surface area is 136 Å². The van der Waals surface area contributed by atoms with Crippen LogP contribution in [0.15, 0.2) is 72.9 Å². The fourth-order valence-electron chi connectivity index (χ4n) is 2.79. The van der Waals surface area contributed by atoms with E-state index in [-0.39, 0.29) is 5.82 Å². The maximum Gasteiger partial charge on any atom is 0.123 e. The highest BCUT2D eigenvalue weighted by atomic mass is 19.1. The summed E-state index contributed by atoms with van der Waals surface area (Å²) in [7, 11) is 2.05. The summed E-state index contributed by atoms with van der Waals surface area (Å²) < 4.78 is 15.6. The maximum atomic E-state index is 13.5. The summed E-state index contributed by atoms with van der Waals surface area (Å²) >= 11 is 0. The van der Waals surface area contributed by atoms with Gasteiger partial charge in [0.15, 0.2) is 0 Å². The first-order chi connectivity index (χ1) is 11.2. The van der Waals surface area contributed by atoms with Gasteiger partial charge in [0, 0.05) is 38.6 Å². The average Bonchev–Trinajstić information content (AvgIpc) is 2.93. The van der Waals surface area contributed by atoms with Gasteiger partial charge >= 0.3 is 0 Å². The Bertz CT molecular complexity index is 749. The van der Waals surface area contributed by atoms with Crippen molar-refractivity contribution in [2.45, 2.75) is 19.6 Å². The highest BCUT2D eigenvalue weighted by molar-refractivity contribution is 5.18. The number of hydrogen-bond donors (Lipinski definition) is 0. The second-order valence-electron chi connectivity index (χ2n) is 5.87. The molecule has 0 fully saturated rings. The Morgan fingerprint density at radius 1 is 0.826 bits per heavy atom. The van der Waals surface area contributed by atoms with E-state index in [2.05, 4.69) is 59.1 Å². The van der Waals surface area contributed by atoms with Crippen LogP contribution in [0.5, 0.6) is 0 Å². The number of halogens is 1. The third kappa shape index (κ3) is 4.30. The summed E-state index contributed by atoms with van der Waals surface area (Å²) in [6, 6.07) is 21.4. The second kappa shape index (κ2) is 7.25. The van der Waals surface area contributed by atoms with E-state index >= 15 is 0 Å². The number of hydrogen-bond acceptors (Lipinski definition) is 1. The zero-order valence-corrected chi connectivity index (χ0v) is 13.3. The molecule has 2 aromatic carbocycles. The van der Waals surface area contributed by atoms with Crippen LogP contribution in [0.4, 0.5) is 4.39 Å². The minimum absolute atomic E-state index is 0.180. The van der Waals surface area contributed by atoms with Crippen molar-refractivity contribution in [1.29, 1.82) is 0 Å². The van der Waals surface area contributed by atoms with Crippen molar-refractivity contribution in [2.24, 2.45) is 7.05 Å². The van der Waals surface area contributed by atoms with E-state index in [9.17, 15) is 4.39 Å². The predicted octanol–water partition coefficient (Wildman–Crippen LogP) is 4.37. The normalized spacial score (nSPS) is 11.1. The summed E-state index contributed by atoms with van der Waals surface area (Å²) in [6.45, 7) is 2.38. The van der Waals surface area contributed by atoms with Gasteiger partial charge in [-0.1, -0.05) is 42.5 Å². The molecule has 1 heterocycles. The third-order valence-electron chi connectivity index (χ3n) is 3.98. The van der Waals surface area contributed by atoms with E-state index in [0.29, 0.717) is 0 Å². The van der Waals surface area contributed by atoms with Gasteiger partial charge in [0.1, 0.15) is 5.82 Å². The molecule has 1 aromatic heterocycles. The maximum absolute atomic E-state index is 13.5. The SMILES string of the molecule is Cn1cccc1CN(Cc1ccccc1)Cc1cccc(F)c1. The lowest BCUT2D eigenvalue weighted by Crippen LogP contribution is -2.23. The average molecular weight is 308 g/mol. The smallest absolute Gasteiger partial charge is 0.123 e. The zero-order chi connectivity index (χ0) is 16.1. The quantitative estimate of drug-likeness (QED) is 0.656. The molecule has 0 atom stereocenters. The monoisotopic (exact) mass is 308 g/mol. The molecule has 0 unspecified atom stereocenters. The van der Waals surface area contributed by atoms with Gasteiger partial charge in [-0.3, -0.25) is 4.90 Å². The van der Waals surface area contributed by atoms with Crippen LogP contribution in [0, 0.1) is 5.82 Å². The Hall–Kier alpha value is -2.39. The first-order valence-corrected chi connectivity index (χ1v) is 7.81. The van der Waals surface area contributed by atoms with Gasteiger partial charge in [0.05, 0.1) is 0 Å². The highest BCUT2D eigenvalue weighted by Gasteiger charge is 2.10. The Morgan fingerprint density at radius 3 is 2.26 bits per heavy atom. The van der Waals surface area contributed by atoms with E-state index < -0.39 is 0 Å². The van der Waals surface area contributed by atoms with Crippen LogP contribution in [0.25, 0.3) is 0 Å². The van der Waals surface area contributed by atoms with Crippen LogP contribution in [0.1, 0.15) is 16.8 Å². The van der Waals surface area contributed by atoms with E-state index in [4.69, 9.17) is 0 Å². The van der Waals surface area contributed by atoms with Crippen molar-refractivity contribution in [3.8, 4) is 0 Å². The molecule has 3 heteroatoms. The van der Waals surface area contributed by atoms with Crippen molar-refractivity contribution < 1.29 is 4.39 Å². The van der Waals surface area contributed by atoms with Crippen molar-refractivity contribution in [1.82, 2.24) is 9.47 Å². The molecule has 3 aromatic rings. The molecule has 2 nitrogen and oxygen atoms in total. The molecule has 0 N–H and O–H groups in total. The molecule has 0 spiro atoms.